The van der Waals surface area contributed by atoms with Crippen LogP contribution in [0.4, 0.5) is 5.69 Å². The number of nitriles is 1. The number of amides is 1. The van der Waals surface area contributed by atoms with Crippen molar-refractivity contribution in [2.45, 2.75) is 20.3 Å². The van der Waals surface area contributed by atoms with E-state index < -0.39 is 18.5 Å². The fraction of sp³-hybridized carbons (Fsp3) is 0.368. The van der Waals surface area contributed by atoms with Crippen LogP contribution < -0.4 is 14.4 Å². The highest BCUT2D eigenvalue weighted by Crippen LogP contribution is 2.34. The van der Waals surface area contributed by atoms with Gasteiger partial charge in [0.2, 0.25) is 0 Å². The Morgan fingerprint density at radius 1 is 1.25 bits per heavy atom. The number of carbonyl (C=O) groups excluding carboxylic acids is 2. The van der Waals surface area contributed by atoms with Crippen LogP contribution in [0.1, 0.15) is 28.2 Å². The van der Waals surface area contributed by atoms with Crippen molar-refractivity contribution in [3.63, 3.8) is 0 Å². The number of esters is 1. The molecule has 0 radical (unpaired) electrons. The number of ether oxygens (including phenoxy) is 3. The standard InChI is InChI=1S/C19H19N3O6/c1-12-18(13(2)28-21-12)19(24)27-11-17(23)22(7-3-6-20)14-4-5-15-16(10-14)26-9-8-25-15/h4-5,10H,3,7-9,11H2,1-2H3. The van der Waals surface area contributed by atoms with Gasteiger partial charge in [-0.05, 0) is 26.0 Å². The lowest BCUT2D eigenvalue weighted by molar-refractivity contribution is -0.121. The summed E-state index contributed by atoms with van der Waals surface area (Å²) in [5.41, 5.74) is 1.12. The minimum Gasteiger partial charge on any atom is -0.486 e. The summed E-state index contributed by atoms with van der Waals surface area (Å²) in [7, 11) is 0. The number of benzene rings is 1. The second-order valence-electron chi connectivity index (χ2n) is 6.06. The SMILES string of the molecule is Cc1noc(C)c1C(=O)OCC(=O)N(CCC#N)c1ccc2c(c1)OCCO2. The molecule has 28 heavy (non-hydrogen) atoms. The van der Waals surface area contributed by atoms with E-state index in [0.717, 1.165) is 0 Å². The Morgan fingerprint density at radius 2 is 2.00 bits per heavy atom. The van der Waals surface area contributed by atoms with Gasteiger partial charge in [0.1, 0.15) is 24.5 Å². The molecule has 0 bridgehead atoms. The molecule has 0 saturated heterocycles. The summed E-state index contributed by atoms with van der Waals surface area (Å²) in [5, 5.41) is 12.6. The van der Waals surface area contributed by atoms with Gasteiger partial charge in [-0.15, -0.1) is 0 Å². The molecule has 0 atom stereocenters. The normalized spacial score (nSPS) is 12.2. The van der Waals surface area contributed by atoms with Gasteiger partial charge in [0.15, 0.2) is 18.1 Å². The molecule has 1 amide bonds. The van der Waals surface area contributed by atoms with Gasteiger partial charge in [0.05, 0.1) is 18.2 Å². The van der Waals surface area contributed by atoms with Crippen LogP contribution in [0, 0.1) is 25.2 Å². The van der Waals surface area contributed by atoms with Crippen LogP contribution in [0.15, 0.2) is 22.7 Å². The smallest absolute Gasteiger partial charge is 0.344 e. The molecule has 9 nitrogen and oxygen atoms in total. The van der Waals surface area contributed by atoms with Gasteiger partial charge in [0.25, 0.3) is 5.91 Å². The van der Waals surface area contributed by atoms with Crippen LogP contribution >= 0.6 is 0 Å². The molecule has 1 aliphatic rings. The molecule has 146 valence electrons. The largest absolute Gasteiger partial charge is 0.486 e. The van der Waals surface area contributed by atoms with Crippen LogP contribution in [-0.4, -0.2) is 43.4 Å². The van der Waals surface area contributed by atoms with Crippen molar-refractivity contribution < 1.29 is 28.3 Å². The molecule has 0 unspecified atom stereocenters. The molecule has 1 aliphatic heterocycles. The number of nitrogens with zero attached hydrogens (tertiary/aromatic N) is 3. The third-order valence-electron chi connectivity index (χ3n) is 4.15. The van der Waals surface area contributed by atoms with Crippen molar-refractivity contribution in [3.05, 3.63) is 35.2 Å². The maximum Gasteiger partial charge on any atom is 0.344 e. The van der Waals surface area contributed by atoms with Crippen LogP contribution in [-0.2, 0) is 9.53 Å². The van der Waals surface area contributed by atoms with Crippen molar-refractivity contribution in [1.29, 1.82) is 5.26 Å². The maximum absolute atomic E-state index is 12.7. The molecule has 3 rings (SSSR count). The van der Waals surface area contributed by atoms with Crippen molar-refractivity contribution in [2.75, 3.05) is 31.3 Å². The number of fused-ring (bicyclic) bond motifs is 1. The molecule has 2 aromatic rings. The summed E-state index contributed by atoms with van der Waals surface area (Å²) >= 11 is 0. The van der Waals surface area contributed by atoms with Gasteiger partial charge >= 0.3 is 5.97 Å². The highest BCUT2D eigenvalue weighted by molar-refractivity contribution is 5.98. The number of rotatable bonds is 6. The predicted octanol–water partition coefficient (Wildman–Crippen LogP) is 2.17. The third kappa shape index (κ3) is 4.06. The number of hydrogen-bond donors (Lipinski definition) is 0. The Labute approximate surface area is 161 Å². The highest BCUT2D eigenvalue weighted by Gasteiger charge is 2.23. The summed E-state index contributed by atoms with van der Waals surface area (Å²) in [6.45, 7) is 3.75. The molecule has 0 N–H and O–H groups in total. The van der Waals surface area contributed by atoms with Gasteiger partial charge in [-0.3, -0.25) is 4.79 Å². The molecule has 1 aromatic carbocycles. The van der Waals surface area contributed by atoms with E-state index in [4.69, 9.17) is 24.0 Å². The van der Waals surface area contributed by atoms with Crippen molar-refractivity contribution in [2.24, 2.45) is 0 Å². The summed E-state index contributed by atoms with van der Waals surface area (Å²) in [4.78, 5) is 26.3. The molecular weight excluding hydrogens is 366 g/mol. The van der Waals surface area contributed by atoms with E-state index in [-0.39, 0.29) is 18.5 Å². The predicted molar refractivity (Wildman–Crippen MR) is 96.3 cm³/mol. The lowest BCUT2D eigenvalue weighted by Crippen LogP contribution is -2.35. The number of aryl methyl sites for hydroxylation is 2. The summed E-state index contributed by atoms with van der Waals surface area (Å²) < 4.78 is 21.1. The van der Waals surface area contributed by atoms with Gasteiger partial charge in [-0.2, -0.15) is 5.26 Å². The summed E-state index contributed by atoms with van der Waals surface area (Å²) in [6, 6.07) is 7.07. The van der Waals surface area contributed by atoms with Gasteiger partial charge in [0, 0.05) is 18.3 Å². The lowest BCUT2D eigenvalue weighted by atomic mass is 10.2. The van der Waals surface area contributed by atoms with Crippen LogP contribution in [0.2, 0.25) is 0 Å². The first-order valence-corrected chi connectivity index (χ1v) is 8.68. The van der Waals surface area contributed by atoms with E-state index in [2.05, 4.69) is 5.16 Å². The van der Waals surface area contributed by atoms with E-state index >= 15 is 0 Å². The third-order valence-corrected chi connectivity index (χ3v) is 4.15. The lowest BCUT2D eigenvalue weighted by Gasteiger charge is -2.24. The van der Waals surface area contributed by atoms with Gasteiger partial charge in [-0.25, -0.2) is 4.79 Å². The Bertz CT molecular complexity index is 911. The quantitative estimate of drug-likeness (QED) is 0.695. The Balaban J connectivity index is 1.73. The first kappa shape index (κ1) is 19.2. The Morgan fingerprint density at radius 3 is 2.68 bits per heavy atom. The molecule has 2 heterocycles. The summed E-state index contributed by atoms with van der Waals surface area (Å²) in [6.07, 6.45) is 0.123. The number of hydrogen-bond acceptors (Lipinski definition) is 8. The first-order valence-electron chi connectivity index (χ1n) is 8.68. The van der Waals surface area contributed by atoms with Crippen LogP contribution in [0.3, 0.4) is 0 Å². The molecule has 0 spiro atoms. The minimum absolute atomic E-state index is 0.123. The second-order valence-corrected chi connectivity index (χ2v) is 6.06. The van der Waals surface area contributed by atoms with Crippen molar-refractivity contribution in [1.82, 2.24) is 5.16 Å². The average molecular weight is 385 g/mol. The van der Waals surface area contributed by atoms with Crippen LogP contribution in [0.25, 0.3) is 0 Å². The van der Waals surface area contributed by atoms with E-state index in [1.165, 1.54) is 4.90 Å². The molecule has 9 heteroatoms. The topological polar surface area (TPSA) is 115 Å². The van der Waals surface area contributed by atoms with Gasteiger partial charge in [-0.1, -0.05) is 5.16 Å². The van der Waals surface area contributed by atoms with Crippen LogP contribution in [0.5, 0.6) is 11.5 Å². The van der Waals surface area contributed by atoms with Gasteiger partial charge < -0.3 is 23.6 Å². The molecule has 1 aromatic heterocycles. The Kier molecular flexibility index (Phi) is 5.79. The zero-order chi connectivity index (χ0) is 20.1. The molecule has 0 saturated carbocycles. The number of anilines is 1. The fourth-order valence-electron chi connectivity index (χ4n) is 2.81. The monoisotopic (exact) mass is 385 g/mol. The van der Waals surface area contributed by atoms with E-state index in [9.17, 15) is 9.59 Å². The molecule has 0 aliphatic carbocycles. The molecular formula is C19H19N3O6. The zero-order valence-corrected chi connectivity index (χ0v) is 15.6. The van der Waals surface area contributed by atoms with E-state index in [1.54, 1.807) is 32.0 Å². The first-order chi connectivity index (χ1) is 13.5. The zero-order valence-electron chi connectivity index (χ0n) is 15.6. The maximum atomic E-state index is 12.7. The molecule has 0 fully saturated rings. The average Bonchev–Trinajstić information content (AvgIpc) is 3.04. The number of carbonyl (C=O) groups is 2. The number of aromatic nitrogens is 1. The fourth-order valence-corrected chi connectivity index (χ4v) is 2.81. The second kappa shape index (κ2) is 8.43. The van der Waals surface area contributed by atoms with E-state index in [1.807, 2.05) is 6.07 Å². The van der Waals surface area contributed by atoms with Crippen molar-refractivity contribution >= 4 is 17.6 Å². The minimum atomic E-state index is -0.688. The summed E-state index contributed by atoms with van der Waals surface area (Å²) in [5.74, 6) is 0.279. The van der Waals surface area contributed by atoms with Crippen molar-refractivity contribution in [3.8, 4) is 17.6 Å². The Hall–Kier alpha value is -3.54. The van der Waals surface area contributed by atoms with E-state index in [0.29, 0.717) is 41.9 Å². The highest BCUT2D eigenvalue weighted by atomic mass is 16.6.